The number of ether oxygens (including phenoxy) is 1. The van der Waals surface area contributed by atoms with Gasteiger partial charge in [0.2, 0.25) is 0 Å². The number of methoxy groups -OCH3 is 1. The van der Waals surface area contributed by atoms with Gasteiger partial charge in [0, 0.05) is 23.2 Å². The molecule has 0 saturated carbocycles. The van der Waals surface area contributed by atoms with Gasteiger partial charge in [0.25, 0.3) is 5.91 Å². The van der Waals surface area contributed by atoms with Crippen molar-refractivity contribution in [3.63, 3.8) is 0 Å². The molecule has 1 aromatic heterocycles. The van der Waals surface area contributed by atoms with Crippen LogP contribution in [0.3, 0.4) is 0 Å². The summed E-state index contributed by atoms with van der Waals surface area (Å²) in [5.74, 6) is 0.673. The van der Waals surface area contributed by atoms with Crippen LogP contribution in [0, 0.1) is 0 Å². The first kappa shape index (κ1) is 14.2. The lowest BCUT2D eigenvalue weighted by Crippen LogP contribution is -2.26. The molecule has 0 fully saturated rings. The van der Waals surface area contributed by atoms with E-state index in [0.29, 0.717) is 5.56 Å². The maximum Gasteiger partial charge on any atom is 0.253 e. The molecule has 112 valence electrons. The Morgan fingerprint density at radius 1 is 1.18 bits per heavy atom. The van der Waals surface area contributed by atoms with Crippen LogP contribution in [0.4, 0.5) is 0 Å². The number of aromatic nitrogens is 1. The van der Waals surface area contributed by atoms with Crippen molar-refractivity contribution in [2.24, 2.45) is 0 Å². The van der Waals surface area contributed by atoms with Crippen molar-refractivity contribution in [1.82, 2.24) is 10.3 Å². The SMILES string of the molecule is COc1ccc2c(C(=O)NC(C)c3ccccc3)c[nH]c2c1. The monoisotopic (exact) mass is 294 g/mol. The van der Waals surface area contributed by atoms with E-state index < -0.39 is 0 Å². The molecule has 3 aromatic rings. The molecular weight excluding hydrogens is 276 g/mol. The van der Waals surface area contributed by atoms with E-state index in [9.17, 15) is 4.79 Å². The molecule has 0 spiro atoms. The maximum atomic E-state index is 12.5. The van der Waals surface area contributed by atoms with Gasteiger partial charge in [0.15, 0.2) is 0 Å². The number of nitrogens with one attached hydrogen (secondary N) is 2. The number of amides is 1. The third-order valence-electron chi connectivity index (χ3n) is 3.78. The summed E-state index contributed by atoms with van der Waals surface area (Å²) in [7, 11) is 1.62. The Morgan fingerprint density at radius 3 is 2.68 bits per heavy atom. The number of carbonyl (C=O) groups is 1. The predicted molar refractivity (Wildman–Crippen MR) is 87.2 cm³/mol. The van der Waals surface area contributed by atoms with E-state index >= 15 is 0 Å². The maximum absolute atomic E-state index is 12.5. The molecule has 22 heavy (non-hydrogen) atoms. The van der Waals surface area contributed by atoms with Gasteiger partial charge in [-0.15, -0.1) is 0 Å². The van der Waals surface area contributed by atoms with Gasteiger partial charge in [-0.25, -0.2) is 0 Å². The average Bonchev–Trinajstić information content (AvgIpc) is 2.98. The van der Waals surface area contributed by atoms with Crippen molar-refractivity contribution in [1.29, 1.82) is 0 Å². The summed E-state index contributed by atoms with van der Waals surface area (Å²) in [6.07, 6.45) is 1.73. The molecule has 4 heteroatoms. The Hall–Kier alpha value is -2.75. The van der Waals surface area contributed by atoms with Gasteiger partial charge < -0.3 is 15.0 Å². The molecule has 3 rings (SSSR count). The van der Waals surface area contributed by atoms with Crippen LogP contribution in [-0.4, -0.2) is 18.0 Å². The highest BCUT2D eigenvalue weighted by molar-refractivity contribution is 6.07. The van der Waals surface area contributed by atoms with Crippen LogP contribution in [0.5, 0.6) is 5.75 Å². The summed E-state index contributed by atoms with van der Waals surface area (Å²) in [6, 6.07) is 15.5. The number of hydrogen-bond acceptors (Lipinski definition) is 2. The third-order valence-corrected chi connectivity index (χ3v) is 3.78. The van der Waals surface area contributed by atoms with E-state index in [4.69, 9.17) is 4.74 Å². The Morgan fingerprint density at radius 2 is 1.95 bits per heavy atom. The first-order chi connectivity index (χ1) is 10.7. The van der Waals surface area contributed by atoms with Gasteiger partial charge in [0.1, 0.15) is 5.75 Å². The van der Waals surface area contributed by atoms with Crippen LogP contribution < -0.4 is 10.1 Å². The number of rotatable bonds is 4. The van der Waals surface area contributed by atoms with Crippen molar-refractivity contribution in [3.05, 3.63) is 65.9 Å². The van der Waals surface area contributed by atoms with Crippen LogP contribution in [0.1, 0.15) is 28.9 Å². The number of carbonyl (C=O) groups excluding carboxylic acids is 1. The lowest BCUT2D eigenvalue weighted by Gasteiger charge is -2.13. The lowest BCUT2D eigenvalue weighted by atomic mass is 10.1. The van der Waals surface area contributed by atoms with Crippen LogP contribution >= 0.6 is 0 Å². The minimum atomic E-state index is -0.0900. The summed E-state index contributed by atoms with van der Waals surface area (Å²) in [4.78, 5) is 15.6. The fraction of sp³-hybridized carbons (Fsp3) is 0.167. The lowest BCUT2D eigenvalue weighted by molar-refractivity contribution is 0.0941. The molecule has 2 aromatic carbocycles. The summed E-state index contributed by atoms with van der Waals surface area (Å²) in [6.45, 7) is 1.98. The highest BCUT2D eigenvalue weighted by Crippen LogP contribution is 2.23. The van der Waals surface area contributed by atoms with Crippen LogP contribution in [-0.2, 0) is 0 Å². The second-order valence-electron chi connectivity index (χ2n) is 5.22. The van der Waals surface area contributed by atoms with E-state index in [2.05, 4.69) is 10.3 Å². The fourth-order valence-corrected chi connectivity index (χ4v) is 2.52. The second-order valence-corrected chi connectivity index (χ2v) is 5.22. The summed E-state index contributed by atoms with van der Waals surface area (Å²) >= 11 is 0. The van der Waals surface area contributed by atoms with Gasteiger partial charge in [-0.2, -0.15) is 0 Å². The summed E-state index contributed by atoms with van der Waals surface area (Å²) in [5, 5.41) is 3.92. The molecule has 4 nitrogen and oxygen atoms in total. The van der Waals surface area contributed by atoms with Crippen LogP contribution in [0.2, 0.25) is 0 Å². The molecule has 0 aliphatic carbocycles. The molecule has 0 saturated heterocycles. The Kier molecular flexibility index (Phi) is 3.83. The van der Waals surface area contributed by atoms with E-state index in [1.165, 1.54) is 0 Å². The van der Waals surface area contributed by atoms with E-state index in [1.807, 2.05) is 55.5 Å². The normalized spacial score (nSPS) is 12.1. The summed E-state index contributed by atoms with van der Waals surface area (Å²) in [5.41, 5.74) is 2.61. The van der Waals surface area contributed by atoms with Gasteiger partial charge in [-0.1, -0.05) is 30.3 Å². The highest BCUT2D eigenvalue weighted by Gasteiger charge is 2.15. The Labute approximate surface area is 129 Å². The zero-order valence-electron chi connectivity index (χ0n) is 12.6. The average molecular weight is 294 g/mol. The Bertz CT molecular complexity index is 793. The fourth-order valence-electron chi connectivity index (χ4n) is 2.52. The molecule has 2 N–H and O–H groups in total. The van der Waals surface area contributed by atoms with Gasteiger partial charge >= 0.3 is 0 Å². The number of fused-ring (bicyclic) bond motifs is 1. The smallest absolute Gasteiger partial charge is 0.253 e. The number of aromatic amines is 1. The molecule has 0 bridgehead atoms. The predicted octanol–water partition coefficient (Wildman–Crippen LogP) is 3.67. The highest BCUT2D eigenvalue weighted by atomic mass is 16.5. The molecule has 1 unspecified atom stereocenters. The van der Waals surface area contributed by atoms with Crippen LogP contribution in [0.25, 0.3) is 10.9 Å². The molecule has 1 atom stereocenters. The van der Waals surface area contributed by atoms with Crippen molar-refractivity contribution < 1.29 is 9.53 Å². The van der Waals surface area contributed by atoms with Gasteiger partial charge in [0.05, 0.1) is 18.7 Å². The van der Waals surface area contributed by atoms with Gasteiger partial charge in [-0.05, 0) is 24.6 Å². The van der Waals surface area contributed by atoms with Crippen molar-refractivity contribution in [3.8, 4) is 5.75 Å². The van der Waals surface area contributed by atoms with E-state index in [1.54, 1.807) is 13.3 Å². The quantitative estimate of drug-likeness (QED) is 0.771. The summed E-state index contributed by atoms with van der Waals surface area (Å²) < 4.78 is 5.19. The van der Waals surface area contributed by atoms with Crippen molar-refractivity contribution >= 4 is 16.8 Å². The molecule has 0 aliphatic heterocycles. The first-order valence-electron chi connectivity index (χ1n) is 7.20. The topological polar surface area (TPSA) is 54.1 Å². The van der Waals surface area contributed by atoms with E-state index in [-0.39, 0.29) is 11.9 Å². The zero-order valence-corrected chi connectivity index (χ0v) is 12.6. The standard InChI is InChI=1S/C18H18N2O2/c1-12(13-6-4-3-5-7-13)20-18(21)16-11-19-17-10-14(22-2)8-9-15(16)17/h3-12,19H,1-2H3,(H,20,21). The van der Waals surface area contributed by atoms with Crippen molar-refractivity contribution in [2.45, 2.75) is 13.0 Å². The minimum absolute atomic E-state index is 0.0445. The number of hydrogen-bond donors (Lipinski definition) is 2. The van der Waals surface area contributed by atoms with E-state index in [0.717, 1.165) is 22.2 Å². The number of H-pyrrole nitrogens is 1. The van der Waals surface area contributed by atoms with Crippen molar-refractivity contribution in [2.75, 3.05) is 7.11 Å². The number of benzene rings is 2. The Balaban J connectivity index is 1.83. The van der Waals surface area contributed by atoms with Crippen LogP contribution in [0.15, 0.2) is 54.7 Å². The second kappa shape index (κ2) is 5.93. The minimum Gasteiger partial charge on any atom is -0.497 e. The molecule has 0 radical (unpaired) electrons. The molecule has 1 heterocycles. The van der Waals surface area contributed by atoms with Gasteiger partial charge in [-0.3, -0.25) is 4.79 Å². The molecular formula is C18H18N2O2. The third kappa shape index (κ3) is 2.68. The zero-order chi connectivity index (χ0) is 15.5. The molecule has 1 amide bonds. The first-order valence-corrected chi connectivity index (χ1v) is 7.20. The molecule has 0 aliphatic rings. The largest absolute Gasteiger partial charge is 0.497 e.